The number of fused-ring (bicyclic) bond motifs is 1. The second-order valence-corrected chi connectivity index (χ2v) is 9.99. The van der Waals surface area contributed by atoms with Gasteiger partial charge in [-0.15, -0.1) is 11.3 Å². The largest absolute Gasteiger partial charge is 0.503 e. The van der Waals surface area contributed by atoms with Crippen LogP contribution in [0.15, 0.2) is 65.2 Å². The molecule has 5 rings (SSSR count). The van der Waals surface area contributed by atoms with Crippen LogP contribution in [-0.4, -0.2) is 35.5 Å². The number of nitrogens with zero attached hydrogens (tertiary/aromatic N) is 2. The van der Waals surface area contributed by atoms with E-state index in [0.717, 1.165) is 4.70 Å². The van der Waals surface area contributed by atoms with E-state index >= 15 is 0 Å². The number of carbonyl (C=O) groups is 2. The van der Waals surface area contributed by atoms with E-state index < -0.39 is 23.5 Å². The number of halogens is 1. The van der Waals surface area contributed by atoms with E-state index in [0.29, 0.717) is 44.2 Å². The Balaban J connectivity index is 1.69. The Labute approximate surface area is 213 Å². The van der Waals surface area contributed by atoms with E-state index in [1.165, 1.54) is 34.7 Å². The van der Waals surface area contributed by atoms with Crippen molar-refractivity contribution in [2.24, 2.45) is 0 Å². The fourth-order valence-corrected chi connectivity index (χ4v) is 5.95. The van der Waals surface area contributed by atoms with Crippen molar-refractivity contribution in [2.75, 3.05) is 18.6 Å². The Morgan fingerprint density at radius 1 is 1.20 bits per heavy atom. The lowest BCUT2D eigenvalue weighted by molar-refractivity contribution is -0.117. The number of hydrogen-bond acceptors (Lipinski definition) is 8. The van der Waals surface area contributed by atoms with Gasteiger partial charge in [-0.05, 0) is 54.3 Å². The average molecular weight is 527 g/mol. The van der Waals surface area contributed by atoms with Crippen LogP contribution < -0.4 is 14.4 Å². The number of aromatic nitrogens is 1. The highest BCUT2D eigenvalue weighted by atomic mass is 35.5. The molecule has 2 aromatic carbocycles. The van der Waals surface area contributed by atoms with Gasteiger partial charge in [-0.3, -0.25) is 14.5 Å². The van der Waals surface area contributed by atoms with Crippen molar-refractivity contribution in [2.45, 2.75) is 13.0 Å². The fraction of sp³-hybridized carbons (Fsp3) is 0.160. The minimum absolute atomic E-state index is 0.0130. The second-order valence-electron chi connectivity index (χ2n) is 7.60. The topological polar surface area (TPSA) is 89.0 Å². The van der Waals surface area contributed by atoms with Gasteiger partial charge in [0.25, 0.3) is 5.91 Å². The quantitative estimate of drug-likeness (QED) is 0.288. The summed E-state index contributed by atoms with van der Waals surface area (Å²) in [6.45, 7) is 2.31. The van der Waals surface area contributed by atoms with Crippen molar-refractivity contribution in [1.82, 2.24) is 4.98 Å². The first-order valence-electron chi connectivity index (χ1n) is 10.6. The predicted octanol–water partition coefficient (Wildman–Crippen LogP) is 6.20. The summed E-state index contributed by atoms with van der Waals surface area (Å²) < 4.78 is 11.9. The van der Waals surface area contributed by atoms with Gasteiger partial charge in [-0.2, -0.15) is 0 Å². The highest BCUT2D eigenvalue weighted by Crippen LogP contribution is 2.46. The van der Waals surface area contributed by atoms with E-state index in [1.807, 2.05) is 6.92 Å². The third-order valence-corrected chi connectivity index (χ3v) is 7.67. The van der Waals surface area contributed by atoms with Crippen LogP contribution in [0.3, 0.4) is 0 Å². The van der Waals surface area contributed by atoms with E-state index in [-0.39, 0.29) is 5.57 Å². The Morgan fingerprint density at radius 3 is 2.74 bits per heavy atom. The number of methoxy groups -OCH3 is 1. The summed E-state index contributed by atoms with van der Waals surface area (Å²) in [4.78, 5) is 33.3. The van der Waals surface area contributed by atoms with Crippen LogP contribution in [0, 0.1) is 0 Å². The average Bonchev–Trinajstić information content (AvgIpc) is 3.58. The molecule has 10 heteroatoms. The van der Waals surface area contributed by atoms with E-state index in [9.17, 15) is 14.7 Å². The molecule has 2 aromatic heterocycles. The normalized spacial score (nSPS) is 15.8. The first-order valence-corrected chi connectivity index (χ1v) is 12.7. The molecule has 7 nitrogen and oxygen atoms in total. The van der Waals surface area contributed by atoms with Crippen LogP contribution in [0.2, 0.25) is 5.02 Å². The lowest BCUT2D eigenvalue weighted by Crippen LogP contribution is -2.31. The third kappa shape index (κ3) is 4.05. The fourth-order valence-electron chi connectivity index (χ4n) is 4.01. The summed E-state index contributed by atoms with van der Waals surface area (Å²) in [6.07, 6.45) is 0. The van der Waals surface area contributed by atoms with Gasteiger partial charge in [-0.25, -0.2) is 4.98 Å². The summed E-state index contributed by atoms with van der Waals surface area (Å²) in [6, 6.07) is 12.9. The van der Waals surface area contributed by atoms with Gasteiger partial charge < -0.3 is 14.6 Å². The number of thiazole rings is 1. The van der Waals surface area contributed by atoms with Crippen LogP contribution in [-0.2, 0) is 4.79 Å². The van der Waals surface area contributed by atoms with Crippen molar-refractivity contribution in [3.63, 3.8) is 0 Å². The number of ketones is 1. The van der Waals surface area contributed by atoms with Gasteiger partial charge >= 0.3 is 0 Å². The first kappa shape index (κ1) is 23.3. The molecule has 1 N–H and O–H groups in total. The molecule has 1 atom stereocenters. The summed E-state index contributed by atoms with van der Waals surface area (Å²) in [5.74, 6) is -0.743. The zero-order valence-corrected chi connectivity index (χ0v) is 21.0. The van der Waals surface area contributed by atoms with Gasteiger partial charge in [0.05, 0.1) is 40.4 Å². The van der Waals surface area contributed by atoms with E-state index in [4.69, 9.17) is 21.1 Å². The van der Waals surface area contributed by atoms with E-state index in [2.05, 4.69) is 4.98 Å². The van der Waals surface area contributed by atoms with Gasteiger partial charge in [0.2, 0.25) is 5.78 Å². The van der Waals surface area contributed by atoms with Gasteiger partial charge in [-0.1, -0.05) is 35.1 Å². The van der Waals surface area contributed by atoms with Crippen molar-refractivity contribution in [3.8, 4) is 11.5 Å². The van der Waals surface area contributed by atoms with Crippen molar-refractivity contribution < 1.29 is 24.2 Å². The van der Waals surface area contributed by atoms with Crippen molar-refractivity contribution in [1.29, 1.82) is 0 Å². The van der Waals surface area contributed by atoms with Gasteiger partial charge in [0, 0.05) is 5.02 Å². The molecular formula is C25H19ClN2O5S2. The highest BCUT2D eigenvalue weighted by molar-refractivity contribution is 7.22. The Kier molecular flexibility index (Phi) is 6.22. The Morgan fingerprint density at radius 2 is 2.03 bits per heavy atom. The minimum Gasteiger partial charge on any atom is -0.503 e. The molecule has 0 radical (unpaired) electrons. The summed E-state index contributed by atoms with van der Waals surface area (Å²) in [5, 5.41) is 13.6. The maximum atomic E-state index is 13.5. The molecule has 0 bridgehead atoms. The number of hydrogen-bond donors (Lipinski definition) is 1. The number of benzene rings is 2. The molecule has 1 amide bonds. The zero-order chi connectivity index (χ0) is 24.7. The number of rotatable bonds is 7. The van der Waals surface area contributed by atoms with Gasteiger partial charge in [0.15, 0.2) is 22.4 Å². The number of thiophene rings is 1. The number of Topliss-reactive ketones (excluding diaryl/α,β-unsaturated/α-hetero) is 1. The molecule has 1 aliphatic heterocycles. The molecule has 3 heterocycles. The summed E-state index contributed by atoms with van der Waals surface area (Å²) in [7, 11) is 1.52. The molecule has 35 heavy (non-hydrogen) atoms. The van der Waals surface area contributed by atoms with Crippen LogP contribution in [0.4, 0.5) is 5.13 Å². The molecular weight excluding hydrogens is 508 g/mol. The van der Waals surface area contributed by atoms with Crippen LogP contribution in [0.5, 0.6) is 11.5 Å². The molecule has 4 aromatic rings. The second kappa shape index (κ2) is 9.33. The lowest BCUT2D eigenvalue weighted by Gasteiger charge is -2.25. The SMILES string of the molecule is CCOc1ccc(C2C(C(=O)c3cccs3)=C(O)C(=O)N2c2nc3ccc(Cl)cc3s2)cc1OC. The van der Waals surface area contributed by atoms with Crippen LogP contribution >= 0.6 is 34.3 Å². The molecule has 0 aliphatic carbocycles. The maximum absolute atomic E-state index is 13.5. The van der Waals surface area contributed by atoms with Crippen molar-refractivity contribution in [3.05, 3.63) is 80.7 Å². The Bertz CT molecular complexity index is 1480. The van der Waals surface area contributed by atoms with Gasteiger partial charge in [0.1, 0.15) is 0 Å². The molecule has 178 valence electrons. The van der Waals surface area contributed by atoms with Crippen molar-refractivity contribution >= 4 is 61.3 Å². The summed E-state index contributed by atoms with van der Waals surface area (Å²) >= 11 is 8.63. The third-order valence-electron chi connectivity index (χ3n) is 5.55. The maximum Gasteiger partial charge on any atom is 0.296 e. The summed E-state index contributed by atoms with van der Waals surface area (Å²) in [5.41, 5.74) is 1.21. The number of amides is 1. The standard InChI is InChI=1S/C25H19ClN2O5S2/c1-3-33-16-9-6-13(11-17(16)32-2)21-20(22(29)18-5-4-10-34-18)23(30)24(31)28(21)25-27-15-8-7-14(26)12-19(15)35-25/h4-12,21,30H,3H2,1-2H3. The molecule has 0 saturated heterocycles. The Hall–Kier alpha value is -3.40. The van der Waals surface area contributed by atoms with Crippen LogP contribution in [0.1, 0.15) is 28.2 Å². The molecule has 1 unspecified atom stereocenters. The molecule has 0 spiro atoms. The lowest BCUT2D eigenvalue weighted by atomic mass is 9.95. The smallest absolute Gasteiger partial charge is 0.296 e. The number of anilines is 1. The number of carbonyl (C=O) groups excluding carboxylic acids is 2. The zero-order valence-electron chi connectivity index (χ0n) is 18.6. The van der Waals surface area contributed by atoms with E-state index in [1.54, 1.807) is 53.9 Å². The minimum atomic E-state index is -0.919. The first-order chi connectivity index (χ1) is 16.9. The highest BCUT2D eigenvalue weighted by Gasteiger charge is 2.46. The number of ether oxygens (including phenoxy) is 2. The van der Waals surface area contributed by atoms with Crippen LogP contribution in [0.25, 0.3) is 10.2 Å². The number of aliphatic hydroxyl groups excluding tert-OH is 1. The molecule has 0 saturated carbocycles. The molecule has 1 aliphatic rings. The monoisotopic (exact) mass is 526 g/mol. The molecule has 0 fully saturated rings. The predicted molar refractivity (Wildman–Crippen MR) is 137 cm³/mol. The number of aliphatic hydroxyl groups is 1.